The summed E-state index contributed by atoms with van der Waals surface area (Å²) in [5, 5.41) is 0.0917. The molecule has 0 heterocycles. The van der Waals surface area contributed by atoms with E-state index in [1.54, 1.807) is 0 Å². The molecule has 0 aliphatic heterocycles. The van der Waals surface area contributed by atoms with Crippen LogP contribution in [-0.4, -0.2) is 26.8 Å². The van der Waals surface area contributed by atoms with Gasteiger partial charge in [-0.2, -0.15) is 0 Å². The van der Waals surface area contributed by atoms with Crippen molar-refractivity contribution < 1.29 is 13.2 Å². The number of benzene rings is 1. The van der Waals surface area contributed by atoms with Gasteiger partial charge in [-0.3, -0.25) is 4.79 Å². The van der Waals surface area contributed by atoms with E-state index in [4.69, 9.17) is 17.3 Å². The molecule has 1 aromatic rings. The average molecular weight is 317 g/mol. The molecule has 7 heteroatoms. The highest BCUT2D eigenvalue weighted by Gasteiger charge is 2.34. The summed E-state index contributed by atoms with van der Waals surface area (Å²) in [6, 6.07) is 3.94. The molecule has 0 spiro atoms. The predicted octanol–water partition coefficient (Wildman–Crippen LogP) is 1.56. The van der Waals surface area contributed by atoms with Gasteiger partial charge in [0.2, 0.25) is 10.0 Å². The van der Waals surface area contributed by atoms with E-state index >= 15 is 0 Å². The highest BCUT2D eigenvalue weighted by atomic mass is 35.5. The third kappa shape index (κ3) is 3.38. The van der Waals surface area contributed by atoms with Crippen LogP contribution < -0.4 is 10.5 Å². The number of nitrogens with one attached hydrogen (secondary N) is 1. The summed E-state index contributed by atoms with van der Waals surface area (Å²) >= 11 is 5.95. The van der Waals surface area contributed by atoms with E-state index in [0.29, 0.717) is 11.5 Å². The predicted molar refractivity (Wildman–Crippen MR) is 77.3 cm³/mol. The second kappa shape index (κ2) is 5.81. The Morgan fingerprint density at radius 2 is 2.15 bits per heavy atom. The largest absolute Gasteiger partial charge is 0.329 e. The molecular formula is C13H17ClN2O3S. The molecule has 0 saturated heterocycles. The van der Waals surface area contributed by atoms with Crippen LogP contribution in [0.2, 0.25) is 5.02 Å². The summed E-state index contributed by atoms with van der Waals surface area (Å²) < 4.78 is 27.3. The maximum atomic E-state index is 12.4. The van der Waals surface area contributed by atoms with Crippen LogP contribution in [0.4, 0.5) is 0 Å². The molecule has 110 valence electrons. The lowest BCUT2D eigenvalue weighted by Crippen LogP contribution is -2.41. The van der Waals surface area contributed by atoms with Crippen LogP contribution in [0, 0.1) is 5.92 Å². The van der Waals surface area contributed by atoms with Crippen molar-refractivity contribution in [3.05, 3.63) is 28.8 Å². The van der Waals surface area contributed by atoms with Crippen LogP contribution in [0.15, 0.2) is 23.1 Å². The summed E-state index contributed by atoms with van der Waals surface area (Å²) in [4.78, 5) is 11.3. The van der Waals surface area contributed by atoms with E-state index in [9.17, 15) is 13.2 Å². The van der Waals surface area contributed by atoms with Crippen LogP contribution >= 0.6 is 11.6 Å². The summed E-state index contributed by atoms with van der Waals surface area (Å²) in [5.74, 6) is 0.0835. The highest BCUT2D eigenvalue weighted by molar-refractivity contribution is 7.89. The van der Waals surface area contributed by atoms with Crippen LogP contribution in [0.25, 0.3) is 0 Å². The Morgan fingerprint density at radius 1 is 1.50 bits per heavy atom. The Bertz CT molecular complexity index is 627. The zero-order valence-corrected chi connectivity index (χ0v) is 12.7. The molecule has 1 aliphatic rings. The maximum Gasteiger partial charge on any atom is 0.242 e. The molecule has 0 amide bonds. The molecule has 1 atom stereocenters. The van der Waals surface area contributed by atoms with Gasteiger partial charge in [0.25, 0.3) is 0 Å². The van der Waals surface area contributed by atoms with Gasteiger partial charge < -0.3 is 5.73 Å². The van der Waals surface area contributed by atoms with Crippen molar-refractivity contribution in [1.82, 2.24) is 4.72 Å². The maximum absolute atomic E-state index is 12.4. The molecule has 0 radical (unpaired) electrons. The van der Waals surface area contributed by atoms with Gasteiger partial charge in [-0.15, -0.1) is 0 Å². The first-order valence-electron chi connectivity index (χ1n) is 6.38. The molecule has 2 rings (SSSR count). The Balaban J connectivity index is 2.32. The molecular weight excluding hydrogens is 300 g/mol. The minimum absolute atomic E-state index is 0.0778. The number of hydrogen-bond donors (Lipinski definition) is 2. The zero-order chi connectivity index (χ0) is 14.9. The number of carbonyl (C=O) groups excluding carboxylic acids is 1. The van der Waals surface area contributed by atoms with E-state index in [1.165, 1.54) is 25.1 Å². The Hall–Kier alpha value is -0.950. The molecule has 0 aromatic heterocycles. The molecule has 20 heavy (non-hydrogen) atoms. The summed E-state index contributed by atoms with van der Waals surface area (Å²) in [6.45, 7) is 1.62. The average Bonchev–Trinajstić information content (AvgIpc) is 3.20. The van der Waals surface area contributed by atoms with E-state index in [0.717, 1.165) is 12.8 Å². The number of nitrogens with two attached hydrogens (primary N) is 1. The second-order valence-electron chi connectivity index (χ2n) is 5.00. The molecule has 0 bridgehead atoms. The normalized spacial score (nSPS) is 16.9. The third-order valence-electron chi connectivity index (χ3n) is 3.38. The summed E-state index contributed by atoms with van der Waals surface area (Å²) in [6.07, 6.45) is 1.96. The molecule has 3 N–H and O–H groups in total. The monoisotopic (exact) mass is 316 g/mol. The quantitative estimate of drug-likeness (QED) is 0.779. The lowest BCUT2D eigenvalue weighted by Gasteiger charge is -2.17. The zero-order valence-electron chi connectivity index (χ0n) is 11.1. The van der Waals surface area contributed by atoms with Crippen LogP contribution in [0.3, 0.4) is 0 Å². The Kier molecular flexibility index (Phi) is 4.49. The first kappa shape index (κ1) is 15.4. The highest BCUT2D eigenvalue weighted by Crippen LogP contribution is 2.33. The first-order valence-corrected chi connectivity index (χ1v) is 8.24. The van der Waals surface area contributed by atoms with Gasteiger partial charge >= 0.3 is 0 Å². The number of sulfonamides is 1. The fraction of sp³-hybridized carbons (Fsp3) is 0.462. The van der Waals surface area contributed by atoms with Crippen molar-refractivity contribution in [1.29, 1.82) is 0 Å². The van der Waals surface area contributed by atoms with E-state index in [2.05, 4.69) is 4.72 Å². The van der Waals surface area contributed by atoms with Crippen molar-refractivity contribution >= 4 is 27.4 Å². The van der Waals surface area contributed by atoms with Crippen molar-refractivity contribution in [3.63, 3.8) is 0 Å². The van der Waals surface area contributed by atoms with Gasteiger partial charge in [-0.25, -0.2) is 13.1 Å². The number of carbonyl (C=O) groups is 1. The first-order chi connectivity index (χ1) is 9.35. The number of halogens is 1. The number of hydrogen-bond acceptors (Lipinski definition) is 4. The van der Waals surface area contributed by atoms with Gasteiger partial charge in [0, 0.05) is 18.2 Å². The van der Waals surface area contributed by atoms with Gasteiger partial charge in [0.1, 0.15) is 4.90 Å². The standard InChI is InChI=1S/C13H17ClN2O3S/c1-8(17)10-4-5-11(14)13(6-10)20(18,19)16-12(7-15)9-2-3-9/h4-6,9,12,16H,2-3,7,15H2,1H3. The van der Waals surface area contributed by atoms with Crippen LogP contribution in [0.1, 0.15) is 30.1 Å². The van der Waals surface area contributed by atoms with Gasteiger partial charge in [0.05, 0.1) is 5.02 Å². The topological polar surface area (TPSA) is 89.3 Å². The molecule has 1 unspecified atom stereocenters. The van der Waals surface area contributed by atoms with Crippen molar-refractivity contribution in [2.24, 2.45) is 11.7 Å². The molecule has 1 aromatic carbocycles. The lowest BCUT2D eigenvalue weighted by atomic mass is 10.1. The van der Waals surface area contributed by atoms with Gasteiger partial charge in [0.15, 0.2) is 5.78 Å². The Morgan fingerprint density at radius 3 is 2.65 bits per heavy atom. The Labute approximate surface area is 123 Å². The minimum atomic E-state index is -3.78. The van der Waals surface area contributed by atoms with Crippen LogP contribution in [0.5, 0.6) is 0 Å². The molecule has 1 fully saturated rings. The lowest BCUT2D eigenvalue weighted by molar-refractivity contribution is 0.101. The number of Topliss-reactive ketones (excluding diaryl/α,β-unsaturated/α-hetero) is 1. The van der Waals surface area contributed by atoms with E-state index < -0.39 is 10.0 Å². The third-order valence-corrected chi connectivity index (χ3v) is 5.35. The summed E-state index contributed by atoms with van der Waals surface area (Å²) in [7, 11) is -3.78. The van der Waals surface area contributed by atoms with Gasteiger partial charge in [-0.05, 0) is 43.9 Å². The summed E-state index contributed by atoms with van der Waals surface area (Å²) in [5.41, 5.74) is 5.91. The SMILES string of the molecule is CC(=O)c1ccc(Cl)c(S(=O)(=O)NC(CN)C2CC2)c1. The number of ketones is 1. The van der Waals surface area contributed by atoms with E-state index in [1.807, 2.05) is 0 Å². The fourth-order valence-electron chi connectivity index (χ4n) is 2.03. The fourth-order valence-corrected chi connectivity index (χ4v) is 3.87. The van der Waals surface area contributed by atoms with Crippen molar-refractivity contribution in [2.45, 2.75) is 30.7 Å². The van der Waals surface area contributed by atoms with Crippen molar-refractivity contribution in [2.75, 3.05) is 6.54 Å². The number of rotatable bonds is 6. The van der Waals surface area contributed by atoms with Gasteiger partial charge in [-0.1, -0.05) is 11.6 Å². The van der Waals surface area contributed by atoms with Crippen molar-refractivity contribution in [3.8, 4) is 0 Å². The smallest absolute Gasteiger partial charge is 0.242 e. The molecule has 1 saturated carbocycles. The second-order valence-corrected chi connectivity index (χ2v) is 7.09. The van der Waals surface area contributed by atoms with Crippen LogP contribution in [-0.2, 0) is 10.0 Å². The van der Waals surface area contributed by atoms with E-state index in [-0.39, 0.29) is 28.3 Å². The minimum Gasteiger partial charge on any atom is -0.329 e. The molecule has 5 nitrogen and oxygen atoms in total. The molecule has 1 aliphatic carbocycles.